The van der Waals surface area contributed by atoms with E-state index in [9.17, 15) is 0 Å². The van der Waals surface area contributed by atoms with Crippen LogP contribution in [-0.2, 0) is 0 Å². The smallest absolute Gasteiger partial charge is 0.136 e. The van der Waals surface area contributed by atoms with Gasteiger partial charge in [-0.3, -0.25) is 0 Å². The van der Waals surface area contributed by atoms with Gasteiger partial charge in [-0.15, -0.1) is 0 Å². The first-order valence-corrected chi connectivity index (χ1v) is 26.8. The molecule has 360 valence electrons. The summed E-state index contributed by atoms with van der Waals surface area (Å²) >= 11 is 0. The van der Waals surface area contributed by atoms with Crippen LogP contribution in [0.5, 0.6) is 23.0 Å². The average molecular weight is 991 g/mol. The molecule has 0 fully saturated rings. The number of nitrogens with zero attached hydrogens (tertiary/aromatic N) is 2. The second kappa shape index (κ2) is 15.6. The molecule has 0 N–H and O–H groups in total. The molecule has 0 unspecified atom stereocenters. The molecular weight excluding hydrogens is 949 g/mol. The Hall–Kier alpha value is -10.4. The molecule has 0 aliphatic carbocycles. The van der Waals surface area contributed by atoms with Gasteiger partial charge in [-0.2, -0.15) is 0 Å². The fourth-order valence-electron chi connectivity index (χ4n) is 13.9. The van der Waals surface area contributed by atoms with E-state index in [0.717, 1.165) is 67.2 Å². The normalized spacial score (nSPS) is 12.6. The van der Waals surface area contributed by atoms with Gasteiger partial charge >= 0.3 is 0 Å². The molecule has 2 aliphatic rings. The van der Waals surface area contributed by atoms with Gasteiger partial charge in [0, 0.05) is 65.0 Å². The van der Waals surface area contributed by atoms with E-state index in [4.69, 9.17) is 9.47 Å². The van der Waals surface area contributed by atoms with Gasteiger partial charge in [0.05, 0.1) is 33.4 Å². The molecule has 2 aliphatic heterocycles. The quantitative estimate of drug-likeness (QED) is 0.164. The Morgan fingerprint density at radius 2 is 0.487 bits per heavy atom. The molecule has 4 heteroatoms. The van der Waals surface area contributed by atoms with Gasteiger partial charge in [0.2, 0.25) is 0 Å². The van der Waals surface area contributed by atoms with Gasteiger partial charge in [0.1, 0.15) is 23.0 Å². The zero-order valence-corrected chi connectivity index (χ0v) is 42.0. The SMILES string of the molecule is c1ccc2c(-n3c4ccccc4c4ccccc43)c3ccccc3c(-c3ccc4c(c3)Oc3ccc5c6c(ccc-4c36)-c3ccc(-c4c6ccccc6c(-n6c7ccccc7c7ccccc76)c6ccccc46)cc3O5)c2c1. The lowest BCUT2D eigenvalue weighted by atomic mass is 9.85. The van der Waals surface area contributed by atoms with Crippen molar-refractivity contribution in [2.45, 2.75) is 0 Å². The van der Waals surface area contributed by atoms with Gasteiger partial charge < -0.3 is 18.6 Å². The highest BCUT2D eigenvalue weighted by Gasteiger charge is 2.30. The van der Waals surface area contributed by atoms with Crippen LogP contribution in [-0.4, -0.2) is 9.13 Å². The van der Waals surface area contributed by atoms with E-state index in [1.54, 1.807) is 0 Å². The zero-order chi connectivity index (χ0) is 50.7. The van der Waals surface area contributed by atoms with Crippen molar-refractivity contribution in [3.05, 3.63) is 255 Å². The monoisotopic (exact) mass is 990 g/mol. The van der Waals surface area contributed by atoms with E-state index in [1.807, 2.05) is 0 Å². The summed E-state index contributed by atoms with van der Waals surface area (Å²) in [5.41, 5.74) is 16.2. The number of para-hydroxylation sites is 4. The minimum atomic E-state index is 0.830. The van der Waals surface area contributed by atoms with E-state index in [0.29, 0.717) is 0 Å². The lowest BCUT2D eigenvalue weighted by Gasteiger charge is -2.28. The molecule has 0 radical (unpaired) electrons. The van der Waals surface area contributed by atoms with Crippen molar-refractivity contribution in [1.29, 1.82) is 0 Å². The highest BCUT2D eigenvalue weighted by Crippen LogP contribution is 2.57. The zero-order valence-electron chi connectivity index (χ0n) is 42.0. The van der Waals surface area contributed by atoms with Crippen LogP contribution in [0.4, 0.5) is 0 Å². The molecule has 4 heterocycles. The van der Waals surface area contributed by atoms with Gasteiger partial charge in [-0.05, 0) is 116 Å². The van der Waals surface area contributed by atoms with Crippen molar-refractivity contribution < 1.29 is 9.47 Å². The summed E-state index contributed by atoms with van der Waals surface area (Å²) < 4.78 is 19.1. The lowest BCUT2D eigenvalue weighted by Crippen LogP contribution is -2.03. The Morgan fingerprint density at radius 3 is 0.808 bits per heavy atom. The molecular formula is C74H42N2O2. The number of rotatable bonds is 4. The van der Waals surface area contributed by atoms with Crippen LogP contribution in [0.15, 0.2) is 255 Å². The van der Waals surface area contributed by atoms with E-state index < -0.39 is 0 Å². The standard InChI is InChI=1S/C74H42N2O2/c1-5-25-57-51(21-1)69(52-22-2-6-26-58(52)73(57)75-61-29-13-9-17-45(61)46-18-10-14-30-62(46)75)43-33-35-49-55-37-38-56-50-36-34-44(42-68(50)78-66-40-39-65(71(55)72(56)66)77-67(49)41-43)70-53-23-3-7-27-59(53)74(60-28-8-4-24-54(60)70)76-63-31-15-11-19-47(63)48-20-12-16-32-64(48)76/h1-42H. The summed E-state index contributed by atoms with van der Waals surface area (Å²) in [6.07, 6.45) is 0. The maximum atomic E-state index is 7.06. The Kier molecular flexibility index (Phi) is 8.36. The first-order valence-electron chi connectivity index (χ1n) is 26.8. The maximum absolute atomic E-state index is 7.06. The van der Waals surface area contributed by atoms with Crippen LogP contribution in [0.25, 0.3) is 153 Å². The van der Waals surface area contributed by atoms with Gasteiger partial charge in [0.15, 0.2) is 0 Å². The molecule has 18 rings (SSSR count). The minimum Gasteiger partial charge on any atom is -0.456 e. The largest absolute Gasteiger partial charge is 0.456 e. The van der Waals surface area contributed by atoms with Gasteiger partial charge in [-0.1, -0.05) is 194 Å². The lowest BCUT2D eigenvalue weighted by molar-refractivity contribution is 0.475. The summed E-state index contributed by atoms with van der Waals surface area (Å²) in [6, 6.07) is 93.0. The first kappa shape index (κ1) is 41.9. The van der Waals surface area contributed by atoms with Gasteiger partial charge in [-0.25, -0.2) is 0 Å². The molecule has 0 atom stereocenters. The fourth-order valence-corrected chi connectivity index (χ4v) is 13.9. The van der Waals surface area contributed by atoms with Crippen molar-refractivity contribution in [3.63, 3.8) is 0 Å². The Morgan fingerprint density at radius 1 is 0.218 bits per heavy atom. The number of benzene rings is 14. The summed E-state index contributed by atoms with van der Waals surface area (Å²) in [6.45, 7) is 0. The Balaban J connectivity index is 0.771. The van der Waals surface area contributed by atoms with E-state index in [1.165, 1.54) is 109 Å². The highest BCUT2D eigenvalue weighted by atomic mass is 16.5. The third kappa shape index (κ3) is 5.57. The molecule has 0 amide bonds. The number of hydrogen-bond donors (Lipinski definition) is 0. The molecule has 4 nitrogen and oxygen atoms in total. The third-order valence-electron chi connectivity index (χ3n) is 17.1. The average Bonchev–Trinajstić information content (AvgIpc) is 4.08. The van der Waals surface area contributed by atoms with Crippen molar-refractivity contribution in [2.24, 2.45) is 0 Å². The number of aromatic nitrogens is 2. The van der Waals surface area contributed by atoms with Crippen molar-refractivity contribution in [1.82, 2.24) is 9.13 Å². The van der Waals surface area contributed by atoms with Crippen molar-refractivity contribution in [3.8, 4) is 78.9 Å². The van der Waals surface area contributed by atoms with Crippen LogP contribution in [0, 0.1) is 0 Å². The molecule has 0 saturated carbocycles. The highest BCUT2D eigenvalue weighted by molar-refractivity contribution is 6.24. The molecule has 0 spiro atoms. The summed E-state index contributed by atoms with van der Waals surface area (Å²) in [5, 5.41) is 16.7. The summed E-state index contributed by atoms with van der Waals surface area (Å²) in [4.78, 5) is 0. The molecule has 14 aromatic carbocycles. The van der Waals surface area contributed by atoms with E-state index >= 15 is 0 Å². The molecule has 16 aromatic rings. The molecule has 0 bridgehead atoms. The Labute approximate surface area is 447 Å². The Bertz CT molecular complexity index is 4790. The number of hydrogen-bond acceptors (Lipinski definition) is 2. The van der Waals surface area contributed by atoms with E-state index in [-0.39, 0.29) is 0 Å². The van der Waals surface area contributed by atoms with Crippen LogP contribution in [0.2, 0.25) is 0 Å². The molecule has 0 saturated heterocycles. The molecule has 78 heavy (non-hydrogen) atoms. The fraction of sp³-hybridized carbons (Fsp3) is 0. The second-order valence-electron chi connectivity index (χ2n) is 21.0. The summed E-state index contributed by atoms with van der Waals surface area (Å²) in [7, 11) is 0. The number of fused-ring (bicyclic) bond motifs is 14. The van der Waals surface area contributed by atoms with Crippen LogP contribution < -0.4 is 9.47 Å². The van der Waals surface area contributed by atoms with Crippen LogP contribution >= 0.6 is 0 Å². The second-order valence-corrected chi connectivity index (χ2v) is 21.0. The predicted octanol–water partition coefficient (Wildman–Crippen LogP) is 20.5. The van der Waals surface area contributed by atoms with Crippen LogP contribution in [0.3, 0.4) is 0 Å². The van der Waals surface area contributed by atoms with Gasteiger partial charge in [0.25, 0.3) is 0 Å². The first-order chi connectivity index (χ1) is 38.7. The van der Waals surface area contributed by atoms with E-state index in [2.05, 4.69) is 264 Å². The minimum absolute atomic E-state index is 0.830. The topological polar surface area (TPSA) is 28.3 Å². The van der Waals surface area contributed by atoms with Crippen molar-refractivity contribution >= 4 is 97.5 Å². The predicted molar refractivity (Wildman–Crippen MR) is 325 cm³/mol. The van der Waals surface area contributed by atoms with Crippen LogP contribution in [0.1, 0.15) is 0 Å². The maximum Gasteiger partial charge on any atom is 0.136 e. The summed E-state index contributed by atoms with van der Waals surface area (Å²) in [5.74, 6) is 3.34. The number of ether oxygens (including phenoxy) is 2. The third-order valence-corrected chi connectivity index (χ3v) is 17.1. The van der Waals surface area contributed by atoms with Crippen molar-refractivity contribution in [2.75, 3.05) is 0 Å². The molecule has 2 aromatic heterocycles.